The van der Waals surface area contributed by atoms with E-state index in [1.54, 1.807) is 18.2 Å². The van der Waals surface area contributed by atoms with Gasteiger partial charge in [-0.2, -0.15) is 0 Å². The number of rotatable bonds is 1. The van der Waals surface area contributed by atoms with E-state index < -0.39 is 11.6 Å². The number of halogens is 1. The second kappa shape index (κ2) is 3.36. The van der Waals surface area contributed by atoms with Gasteiger partial charge in [0.2, 0.25) is 0 Å². The average molecular weight is 182 g/mol. The number of benzene rings is 1. The molecule has 0 saturated heterocycles. The first kappa shape index (κ1) is 10.0. The van der Waals surface area contributed by atoms with Gasteiger partial charge in [-0.1, -0.05) is 32.9 Å². The van der Waals surface area contributed by atoms with Gasteiger partial charge < -0.3 is 5.11 Å². The second-order valence-electron chi connectivity index (χ2n) is 4.32. The van der Waals surface area contributed by atoms with Gasteiger partial charge >= 0.3 is 0 Å². The van der Waals surface area contributed by atoms with Gasteiger partial charge in [-0.15, -0.1) is 0 Å². The molecule has 0 bridgehead atoms. The molecule has 0 aliphatic carbocycles. The second-order valence-corrected chi connectivity index (χ2v) is 4.32. The fourth-order valence-electron chi connectivity index (χ4n) is 1.18. The lowest BCUT2D eigenvalue weighted by atomic mass is 9.86. The van der Waals surface area contributed by atoms with Gasteiger partial charge in [0, 0.05) is 0 Å². The van der Waals surface area contributed by atoms with Crippen molar-refractivity contribution in [2.24, 2.45) is 5.41 Å². The molecule has 0 saturated carbocycles. The lowest BCUT2D eigenvalue weighted by Crippen LogP contribution is -2.13. The zero-order valence-electron chi connectivity index (χ0n) is 8.21. The summed E-state index contributed by atoms with van der Waals surface area (Å²) in [5, 5.41) is 9.16. The molecule has 1 aromatic rings. The largest absolute Gasteiger partial charge is 0.508 e. The Morgan fingerprint density at radius 3 is 2.38 bits per heavy atom. The Kier molecular flexibility index (Phi) is 2.60. The van der Waals surface area contributed by atoms with Gasteiger partial charge in [0.25, 0.3) is 0 Å². The summed E-state index contributed by atoms with van der Waals surface area (Å²) >= 11 is 0. The zero-order chi connectivity index (χ0) is 10.1. The topological polar surface area (TPSA) is 20.2 Å². The number of phenols is 1. The molecule has 0 fully saturated rings. The van der Waals surface area contributed by atoms with Crippen molar-refractivity contribution in [1.29, 1.82) is 0 Å². The molecule has 2 heteroatoms. The highest BCUT2D eigenvalue weighted by Gasteiger charge is 2.25. The smallest absolute Gasteiger partial charge is 0.130 e. The highest BCUT2D eigenvalue weighted by atomic mass is 19.1. The number of hydrogen-bond acceptors (Lipinski definition) is 1. The lowest BCUT2D eigenvalue weighted by Gasteiger charge is -2.23. The van der Waals surface area contributed by atoms with Crippen LogP contribution in [-0.4, -0.2) is 5.11 Å². The standard InChI is InChI=1S/C11H15FO/c1-11(2,3)10(12)8-5-4-6-9(13)7-8/h4-7,10,13H,1-3H3. The normalized spacial score (nSPS) is 14.2. The maximum Gasteiger partial charge on any atom is 0.130 e. The summed E-state index contributed by atoms with van der Waals surface area (Å²) in [5.41, 5.74) is 0.112. The van der Waals surface area contributed by atoms with E-state index in [9.17, 15) is 4.39 Å². The monoisotopic (exact) mass is 182 g/mol. The van der Waals surface area contributed by atoms with E-state index in [0.29, 0.717) is 5.56 Å². The fourth-order valence-corrected chi connectivity index (χ4v) is 1.18. The molecule has 1 aromatic carbocycles. The van der Waals surface area contributed by atoms with E-state index >= 15 is 0 Å². The molecule has 1 nitrogen and oxygen atoms in total. The van der Waals surface area contributed by atoms with Gasteiger partial charge in [0.05, 0.1) is 0 Å². The van der Waals surface area contributed by atoms with E-state index in [1.807, 2.05) is 20.8 Å². The molecule has 1 rings (SSSR count). The van der Waals surface area contributed by atoms with Crippen molar-refractivity contribution in [2.45, 2.75) is 26.9 Å². The molecule has 72 valence electrons. The third kappa shape index (κ3) is 2.44. The van der Waals surface area contributed by atoms with Crippen LogP contribution in [0.2, 0.25) is 0 Å². The number of alkyl halides is 1. The Bertz CT molecular complexity index is 288. The fraction of sp³-hybridized carbons (Fsp3) is 0.455. The van der Waals surface area contributed by atoms with Gasteiger partial charge in [0.1, 0.15) is 11.9 Å². The molecule has 0 heterocycles. The molecule has 0 radical (unpaired) electrons. The summed E-state index contributed by atoms with van der Waals surface area (Å²) in [5.74, 6) is 0.115. The summed E-state index contributed by atoms with van der Waals surface area (Å²) in [7, 11) is 0. The lowest BCUT2D eigenvalue weighted by molar-refractivity contribution is 0.164. The van der Waals surface area contributed by atoms with Crippen molar-refractivity contribution < 1.29 is 9.50 Å². The third-order valence-corrected chi connectivity index (χ3v) is 1.92. The molecule has 13 heavy (non-hydrogen) atoms. The van der Waals surface area contributed by atoms with Gasteiger partial charge in [-0.3, -0.25) is 0 Å². The van der Waals surface area contributed by atoms with E-state index in [4.69, 9.17) is 5.11 Å². The van der Waals surface area contributed by atoms with Gasteiger partial charge in [-0.05, 0) is 23.1 Å². The SMILES string of the molecule is CC(C)(C)C(F)c1cccc(O)c1. The molecular formula is C11H15FO. The Balaban J connectivity index is 2.96. The molecule has 0 aliphatic rings. The minimum absolute atomic E-state index is 0.115. The first-order chi connectivity index (χ1) is 5.91. The Hall–Kier alpha value is -1.05. The first-order valence-corrected chi connectivity index (χ1v) is 4.34. The van der Waals surface area contributed by atoms with Crippen LogP contribution in [0.1, 0.15) is 32.5 Å². The average Bonchev–Trinajstić information content (AvgIpc) is 2.01. The molecule has 1 N–H and O–H groups in total. The van der Waals surface area contributed by atoms with Crippen LogP contribution in [0, 0.1) is 5.41 Å². The van der Waals surface area contributed by atoms with E-state index in [1.165, 1.54) is 6.07 Å². The number of aromatic hydroxyl groups is 1. The van der Waals surface area contributed by atoms with Crippen molar-refractivity contribution in [3.8, 4) is 5.75 Å². The maximum atomic E-state index is 13.7. The van der Waals surface area contributed by atoms with Crippen molar-refractivity contribution in [3.05, 3.63) is 29.8 Å². The first-order valence-electron chi connectivity index (χ1n) is 4.34. The predicted octanol–water partition coefficient (Wildman–Crippen LogP) is 3.45. The van der Waals surface area contributed by atoms with Crippen LogP contribution in [-0.2, 0) is 0 Å². The van der Waals surface area contributed by atoms with Crippen molar-refractivity contribution in [1.82, 2.24) is 0 Å². The van der Waals surface area contributed by atoms with E-state index in [2.05, 4.69) is 0 Å². The van der Waals surface area contributed by atoms with E-state index in [0.717, 1.165) is 0 Å². The molecule has 1 unspecified atom stereocenters. The Morgan fingerprint density at radius 2 is 1.92 bits per heavy atom. The summed E-state index contributed by atoms with van der Waals surface area (Å²) in [4.78, 5) is 0. The van der Waals surface area contributed by atoms with Crippen molar-refractivity contribution in [3.63, 3.8) is 0 Å². The summed E-state index contributed by atoms with van der Waals surface area (Å²) in [6.45, 7) is 5.51. The third-order valence-electron chi connectivity index (χ3n) is 1.92. The highest BCUT2D eigenvalue weighted by Crippen LogP contribution is 2.36. The highest BCUT2D eigenvalue weighted by molar-refractivity contribution is 5.29. The van der Waals surface area contributed by atoms with Crippen LogP contribution in [0.3, 0.4) is 0 Å². The van der Waals surface area contributed by atoms with Crippen LogP contribution in [0.25, 0.3) is 0 Å². The molecule has 0 spiro atoms. The van der Waals surface area contributed by atoms with Crippen LogP contribution in [0.5, 0.6) is 5.75 Å². The predicted molar refractivity (Wildman–Crippen MR) is 51.4 cm³/mol. The van der Waals surface area contributed by atoms with Crippen LogP contribution in [0.15, 0.2) is 24.3 Å². The molecule has 0 amide bonds. The summed E-state index contributed by atoms with van der Waals surface area (Å²) in [6.07, 6.45) is -1.04. The minimum atomic E-state index is -1.04. The summed E-state index contributed by atoms with van der Waals surface area (Å²) < 4.78 is 13.7. The molecule has 1 atom stereocenters. The molecule has 0 aliphatic heterocycles. The maximum absolute atomic E-state index is 13.7. The van der Waals surface area contributed by atoms with Crippen LogP contribution in [0.4, 0.5) is 4.39 Å². The van der Waals surface area contributed by atoms with E-state index in [-0.39, 0.29) is 5.75 Å². The van der Waals surface area contributed by atoms with Crippen molar-refractivity contribution in [2.75, 3.05) is 0 Å². The van der Waals surface area contributed by atoms with Gasteiger partial charge in [0.15, 0.2) is 0 Å². The van der Waals surface area contributed by atoms with Crippen molar-refractivity contribution >= 4 is 0 Å². The van der Waals surface area contributed by atoms with Crippen LogP contribution < -0.4 is 0 Å². The molecular weight excluding hydrogens is 167 g/mol. The number of hydrogen-bond donors (Lipinski definition) is 1. The Labute approximate surface area is 78.2 Å². The summed E-state index contributed by atoms with van der Waals surface area (Å²) in [6, 6.07) is 6.35. The minimum Gasteiger partial charge on any atom is -0.508 e. The number of phenolic OH excluding ortho intramolecular Hbond substituents is 1. The molecule has 0 aromatic heterocycles. The quantitative estimate of drug-likeness (QED) is 0.705. The van der Waals surface area contributed by atoms with Crippen LogP contribution >= 0.6 is 0 Å². The zero-order valence-corrected chi connectivity index (χ0v) is 8.21. The Morgan fingerprint density at radius 1 is 1.31 bits per heavy atom. The van der Waals surface area contributed by atoms with Gasteiger partial charge in [-0.25, -0.2) is 4.39 Å².